The van der Waals surface area contributed by atoms with Crippen LogP contribution in [0, 0.1) is 0 Å². The second-order valence-electron chi connectivity index (χ2n) is 8.97. The fourth-order valence-electron chi connectivity index (χ4n) is 3.64. The summed E-state index contributed by atoms with van der Waals surface area (Å²) in [6, 6.07) is 24.2. The van der Waals surface area contributed by atoms with Gasteiger partial charge in [-0.15, -0.1) is 11.8 Å². The number of hydrogen-bond donors (Lipinski definition) is 1. The van der Waals surface area contributed by atoms with Crippen molar-refractivity contribution in [2.45, 2.75) is 43.0 Å². The van der Waals surface area contributed by atoms with Gasteiger partial charge in [-0.3, -0.25) is 0 Å². The second-order valence-corrected chi connectivity index (χ2v) is 11.3. The first-order valence-electron chi connectivity index (χ1n) is 10.8. The van der Waals surface area contributed by atoms with Crippen LogP contribution in [0.5, 0.6) is 5.75 Å². The molecule has 1 heterocycles. The highest BCUT2D eigenvalue weighted by Crippen LogP contribution is 2.39. The molecule has 3 nitrogen and oxygen atoms in total. The van der Waals surface area contributed by atoms with Crippen molar-refractivity contribution < 1.29 is 4.74 Å². The number of ether oxygens (including phenoxy) is 1. The lowest BCUT2D eigenvalue weighted by atomic mass is 10.1. The van der Waals surface area contributed by atoms with Crippen molar-refractivity contribution in [3.05, 3.63) is 95.1 Å². The molecule has 0 bridgehead atoms. The molecule has 5 heteroatoms. The van der Waals surface area contributed by atoms with Gasteiger partial charge in [0.15, 0.2) is 0 Å². The molecule has 0 fully saturated rings. The number of thioether (sulfide) groups is 1. The zero-order chi connectivity index (χ0) is 22.7. The number of halogens is 1. The number of nitrogens with two attached hydrogens (primary N) is 1. The lowest BCUT2D eigenvalue weighted by molar-refractivity contribution is 0.291. The monoisotopic (exact) mass is 464 g/mol. The van der Waals surface area contributed by atoms with Gasteiger partial charge in [0.05, 0.1) is 6.04 Å². The van der Waals surface area contributed by atoms with E-state index in [1.165, 1.54) is 21.4 Å². The number of benzene rings is 3. The van der Waals surface area contributed by atoms with E-state index in [9.17, 15) is 0 Å². The summed E-state index contributed by atoms with van der Waals surface area (Å²) in [7, 11) is 0. The van der Waals surface area contributed by atoms with Gasteiger partial charge in [-0.25, -0.2) is 0 Å². The lowest BCUT2D eigenvalue weighted by Gasteiger charge is -2.17. The van der Waals surface area contributed by atoms with Gasteiger partial charge in [0.1, 0.15) is 12.4 Å². The number of aromatic nitrogens is 1. The SMILES string of the molecule is CC(C)(C)Sc1cn(Cc2ccc(Cl)cc2)c2ccc(OC[C@H](N)c3ccccc3)cc12. The molecule has 0 spiro atoms. The molecular formula is C27H29ClN2OS. The molecule has 1 aromatic heterocycles. The summed E-state index contributed by atoms with van der Waals surface area (Å²) in [6.45, 7) is 7.93. The minimum absolute atomic E-state index is 0.103. The van der Waals surface area contributed by atoms with Gasteiger partial charge in [0, 0.05) is 38.3 Å². The molecule has 0 aliphatic heterocycles. The van der Waals surface area contributed by atoms with Gasteiger partial charge in [0.25, 0.3) is 0 Å². The van der Waals surface area contributed by atoms with Gasteiger partial charge in [0.2, 0.25) is 0 Å². The average Bonchev–Trinajstić information content (AvgIpc) is 3.09. The molecule has 0 saturated carbocycles. The Morgan fingerprint density at radius 2 is 1.72 bits per heavy atom. The summed E-state index contributed by atoms with van der Waals surface area (Å²) >= 11 is 7.93. The molecule has 0 radical (unpaired) electrons. The van der Waals surface area contributed by atoms with E-state index in [-0.39, 0.29) is 10.8 Å². The van der Waals surface area contributed by atoms with E-state index in [1.54, 1.807) is 0 Å². The molecule has 4 rings (SSSR count). The molecule has 0 unspecified atom stereocenters. The Hall–Kier alpha value is -2.40. The number of hydrogen-bond acceptors (Lipinski definition) is 3. The Balaban J connectivity index is 1.61. The molecule has 4 aromatic rings. The van der Waals surface area contributed by atoms with E-state index >= 15 is 0 Å². The van der Waals surface area contributed by atoms with E-state index in [4.69, 9.17) is 22.1 Å². The molecule has 32 heavy (non-hydrogen) atoms. The first-order valence-corrected chi connectivity index (χ1v) is 12.0. The summed E-state index contributed by atoms with van der Waals surface area (Å²) < 4.78 is 8.50. The maximum atomic E-state index is 6.33. The molecule has 0 saturated heterocycles. The Bertz CT molecular complexity index is 1180. The third kappa shape index (κ3) is 5.69. The van der Waals surface area contributed by atoms with E-state index in [0.29, 0.717) is 6.61 Å². The molecule has 1 atom stereocenters. The van der Waals surface area contributed by atoms with Crippen LogP contribution in [0.25, 0.3) is 10.9 Å². The van der Waals surface area contributed by atoms with Gasteiger partial charge < -0.3 is 15.0 Å². The smallest absolute Gasteiger partial charge is 0.120 e. The summed E-state index contributed by atoms with van der Waals surface area (Å²) in [6.07, 6.45) is 2.24. The molecule has 2 N–H and O–H groups in total. The van der Waals surface area contributed by atoms with Gasteiger partial charge in [-0.2, -0.15) is 0 Å². The van der Waals surface area contributed by atoms with Crippen LogP contribution in [0.4, 0.5) is 0 Å². The molecule has 3 aromatic carbocycles. The van der Waals surface area contributed by atoms with Crippen molar-refractivity contribution in [3.63, 3.8) is 0 Å². The van der Waals surface area contributed by atoms with E-state index in [0.717, 1.165) is 22.9 Å². The quantitative estimate of drug-likeness (QED) is 0.291. The Kier molecular flexibility index (Phi) is 6.85. The third-order valence-corrected chi connectivity index (χ3v) is 6.57. The third-order valence-electron chi connectivity index (χ3n) is 5.16. The van der Waals surface area contributed by atoms with E-state index < -0.39 is 0 Å². The fourth-order valence-corrected chi connectivity index (χ4v) is 4.88. The first-order chi connectivity index (χ1) is 15.3. The summed E-state index contributed by atoms with van der Waals surface area (Å²) in [5.41, 5.74) is 9.80. The maximum Gasteiger partial charge on any atom is 0.120 e. The lowest BCUT2D eigenvalue weighted by Crippen LogP contribution is -2.18. The molecular weight excluding hydrogens is 436 g/mol. The Morgan fingerprint density at radius 3 is 2.41 bits per heavy atom. The first kappa shape index (κ1) is 22.8. The normalized spacial score (nSPS) is 12.8. The van der Waals surface area contributed by atoms with Crippen LogP contribution in [0.2, 0.25) is 5.02 Å². The van der Waals surface area contributed by atoms with Crippen LogP contribution in [0.3, 0.4) is 0 Å². The second kappa shape index (κ2) is 9.62. The highest BCUT2D eigenvalue weighted by atomic mass is 35.5. The topological polar surface area (TPSA) is 40.2 Å². The Labute approximate surface area is 199 Å². The van der Waals surface area contributed by atoms with Crippen molar-refractivity contribution in [2.75, 3.05) is 6.61 Å². The van der Waals surface area contributed by atoms with Gasteiger partial charge >= 0.3 is 0 Å². The molecule has 0 aliphatic rings. The van der Waals surface area contributed by atoms with Crippen LogP contribution in [0.15, 0.2) is 83.9 Å². The van der Waals surface area contributed by atoms with Crippen LogP contribution in [-0.4, -0.2) is 15.9 Å². The average molecular weight is 465 g/mol. The number of fused-ring (bicyclic) bond motifs is 1. The summed E-state index contributed by atoms with van der Waals surface area (Å²) in [4.78, 5) is 1.25. The van der Waals surface area contributed by atoms with Crippen molar-refractivity contribution in [2.24, 2.45) is 5.73 Å². The molecule has 166 valence electrons. The predicted octanol–water partition coefficient (Wildman–Crippen LogP) is 7.31. The van der Waals surface area contributed by atoms with E-state index in [2.05, 4.69) is 55.8 Å². The maximum absolute atomic E-state index is 6.33. The van der Waals surface area contributed by atoms with Gasteiger partial charge in [-0.05, 0) is 41.5 Å². The van der Waals surface area contributed by atoms with E-state index in [1.807, 2.05) is 60.3 Å². The van der Waals surface area contributed by atoms with Crippen LogP contribution in [-0.2, 0) is 6.54 Å². The zero-order valence-electron chi connectivity index (χ0n) is 18.7. The predicted molar refractivity (Wildman–Crippen MR) is 137 cm³/mol. The zero-order valence-corrected chi connectivity index (χ0v) is 20.3. The number of rotatable bonds is 7. The van der Waals surface area contributed by atoms with Crippen molar-refractivity contribution >= 4 is 34.3 Å². The molecule has 0 amide bonds. The summed E-state index contributed by atoms with van der Waals surface area (Å²) in [5, 5.41) is 1.95. The van der Waals surface area contributed by atoms with Crippen molar-refractivity contribution in [1.82, 2.24) is 4.57 Å². The Morgan fingerprint density at radius 1 is 1.00 bits per heavy atom. The standard InChI is InChI=1S/C27H29ClN2OS/c1-27(2,3)32-26-17-30(16-19-9-11-21(28)12-10-19)25-14-13-22(15-23(25)26)31-18-24(29)20-7-5-4-6-8-20/h4-15,17,24H,16,18,29H2,1-3H3/t24-/m0/s1. The highest BCUT2D eigenvalue weighted by molar-refractivity contribution is 8.00. The number of nitrogens with zero attached hydrogens (tertiary/aromatic N) is 1. The fraction of sp³-hybridized carbons (Fsp3) is 0.259. The minimum atomic E-state index is -0.162. The minimum Gasteiger partial charge on any atom is -0.492 e. The van der Waals surface area contributed by atoms with Crippen LogP contribution >= 0.6 is 23.4 Å². The van der Waals surface area contributed by atoms with Crippen LogP contribution < -0.4 is 10.5 Å². The van der Waals surface area contributed by atoms with Crippen LogP contribution in [0.1, 0.15) is 37.9 Å². The summed E-state index contributed by atoms with van der Waals surface area (Å²) in [5.74, 6) is 0.837. The largest absolute Gasteiger partial charge is 0.492 e. The van der Waals surface area contributed by atoms with Crippen molar-refractivity contribution in [3.8, 4) is 5.75 Å². The molecule has 0 aliphatic carbocycles. The van der Waals surface area contributed by atoms with Gasteiger partial charge in [-0.1, -0.05) is 74.8 Å². The van der Waals surface area contributed by atoms with Crippen molar-refractivity contribution in [1.29, 1.82) is 0 Å². The highest BCUT2D eigenvalue weighted by Gasteiger charge is 2.18.